The second-order valence-corrected chi connectivity index (χ2v) is 5.11. The van der Waals surface area contributed by atoms with E-state index in [4.69, 9.17) is 28.3 Å². The molecule has 0 saturated carbocycles. The van der Waals surface area contributed by atoms with Crippen molar-refractivity contribution in [2.24, 2.45) is 0 Å². The lowest BCUT2D eigenvalue weighted by molar-refractivity contribution is 0.0695. The third kappa shape index (κ3) is 3.72. The highest BCUT2D eigenvalue weighted by Crippen LogP contribution is 2.21. The fourth-order valence-electron chi connectivity index (χ4n) is 1.98. The van der Waals surface area contributed by atoms with Crippen LogP contribution in [0.3, 0.4) is 0 Å². The van der Waals surface area contributed by atoms with Gasteiger partial charge in [0.1, 0.15) is 0 Å². The number of carboxylic acid groups (broad SMARTS) is 1. The van der Waals surface area contributed by atoms with Gasteiger partial charge in [-0.3, -0.25) is 0 Å². The summed E-state index contributed by atoms with van der Waals surface area (Å²) in [6.45, 7) is 0. The lowest BCUT2D eigenvalue weighted by atomic mass is 10.00. The highest BCUT2D eigenvalue weighted by atomic mass is 35.5. The second kappa shape index (κ2) is 6.09. The minimum absolute atomic E-state index is 0.343. The molecule has 2 nitrogen and oxygen atoms in total. The maximum Gasteiger partial charge on any atom is 0.335 e. The van der Waals surface area contributed by atoms with Crippen LogP contribution in [0.25, 0.3) is 0 Å². The first-order chi connectivity index (χ1) is 9.06. The summed E-state index contributed by atoms with van der Waals surface area (Å²) in [5, 5.41) is 10.3. The van der Waals surface area contributed by atoms with E-state index in [1.807, 2.05) is 24.3 Å². The van der Waals surface area contributed by atoms with Gasteiger partial charge in [-0.25, -0.2) is 4.79 Å². The Kier molecular flexibility index (Phi) is 4.46. The molecular formula is C15H12Cl2O2. The van der Waals surface area contributed by atoms with Crippen molar-refractivity contribution in [2.45, 2.75) is 12.8 Å². The normalized spacial score (nSPS) is 10.4. The average Bonchev–Trinajstić information content (AvgIpc) is 2.35. The Morgan fingerprint density at radius 3 is 2.26 bits per heavy atom. The Morgan fingerprint density at radius 1 is 1.00 bits per heavy atom. The molecule has 0 atom stereocenters. The molecule has 98 valence electrons. The number of carbonyl (C=O) groups is 1. The summed E-state index contributed by atoms with van der Waals surface area (Å²) in [5.74, 6) is -0.903. The van der Waals surface area contributed by atoms with Crippen LogP contribution in [-0.4, -0.2) is 11.1 Å². The van der Waals surface area contributed by atoms with Gasteiger partial charge in [0.2, 0.25) is 0 Å². The molecule has 0 aliphatic rings. The largest absolute Gasteiger partial charge is 0.478 e. The van der Waals surface area contributed by atoms with Crippen LogP contribution in [0.2, 0.25) is 10.0 Å². The van der Waals surface area contributed by atoms with E-state index in [9.17, 15) is 4.79 Å². The maximum absolute atomic E-state index is 11.1. The van der Waals surface area contributed by atoms with Gasteiger partial charge in [0, 0.05) is 10.0 Å². The van der Waals surface area contributed by atoms with E-state index in [1.54, 1.807) is 18.2 Å². The van der Waals surface area contributed by atoms with Crippen molar-refractivity contribution in [3.8, 4) is 0 Å². The van der Waals surface area contributed by atoms with Crippen LogP contribution in [0.5, 0.6) is 0 Å². The van der Waals surface area contributed by atoms with Gasteiger partial charge in [0.25, 0.3) is 0 Å². The first kappa shape index (κ1) is 13.9. The zero-order valence-corrected chi connectivity index (χ0v) is 11.6. The number of rotatable bonds is 4. The van der Waals surface area contributed by atoms with E-state index in [-0.39, 0.29) is 0 Å². The van der Waals surface area contributed by atoms with Crippen molar-refractivity contribution in [1.29, 1.82) is 0 Å². The minimum atomic E-state index is -0.903. The summed E-state index contributed by atoms with van der Waals surface area (Å²) in [7, 11) is 0. The van der Waals surface area contributed by atoms with Crippen LogP contribution in [0.15, 0.2) is 42.5 Å². The van der Waals surface area contributed by atoms with Gasteiger partial charge in [0.05, 0.1) is 5.56 Å². The molecule has 0 heterocycles. The lowest BCUT2D eigenvalue weighted by Crippen LogP contribution is -2.03. The quantitative estimate of drug-likeness (QED) is 0.903. The van der Waals surface area contributed by atoms with Crippen molar-refractivity contribution < 1.29 is 9.90 Å². The van der Waals surface area contributed by atoms with Gasteiger partial charge in [-0.1, -0.05) is 41.4 Å². The van der Waals surface area contributed by atoms with Gasteiger partial charge >= 0.3 is 5.97 Å². The number of benzene rings is 2. The summed E-state index contributed by atoms with van der Waals surface area (Å²) >= 11 is 11.9. The van der Waals surface area contributed by atoms with E-state index >= 15 is 0 Å². The molecule has 0 spiro atoms. The number of carboxylic acids is 1. The molecule has 19 heavy (non-hydrogen) atoms. The molecule has 0 radical (unpaired) electrons. The SMILES string of the molecule is O=C(O)c1ccccc1CCc1cc(Cl)cc(Cl)c1. The second-order valence-electron chi connectivity index (χ2n) is 4.24. The Hall–Kier alpha value is -1.51. The van der Waals surface area contributed by atoms with Crippen molar-refractivity contribution >= 4 is 29.2 Å². The first-order valence-corrected chi connectivity index (χ1v) is 6.58. The minimum Gasteiger partial charge on any atom is -0.478 e. The molecule has 0 bridgehead atoms. The van der Waals surface area contributed by atoms with Crippen LogP contribution in [-0.2, 0) is 12.8 Å². The van der Waals surface area contributed by atoms with E-state index in [0.29, 0.717) is 28.5 Å². The fourth-order valence-corrected chi connectivity index (χ4v) is 2.55. The molecule has 0 amide bonds. The van der Waals surface area contributed by atoms with Crippen LogP contribution >= 0.6 is 23.2 Å². The zero-order valence-electron chi connectivity index (χ0n) is 10.1. The molecule has 2 aromatic rings. The topological polar surface area (TPSA) is 37.3 Å². The predicted molar refractivity (Wildman–Crippen MR) is 77.3 cm³/mol. The van der Waals surface area contributed by atoms with Gasteiger partial charge in [-0.2, -0.15) is 0 Å². The Morgan fingerprint density at radius 2 is 1.63 bits per heavy atom. The summed E-state index contributed by atoms with van der Waals surface area (Å²) in [4.78, 5) is 11.1. The van der Waals surface area contributed by atoms with Gasteiger partial charge in [-0.15, -0.1) is 0 Å². The van der Waals surface area contributed by atoms with Crippen molar-refractivity contribution in [3.63, 3.8) is 0 Å². The standard InChI is InChI=1S/C15H12Cl2O2/c16-12-7-10(8-13(17)9-12)5-6-11-3-1-2-4-14(11)15(18)19/h1-4,7-9H,5-6H2,(H,18,19). The molecule has 0 aliphatic carbocycles. The van der Waals surface area contributed by atoms with Crippen LogP contribution in [0, 0.1) is 0 Å². The third-order valence-electron chi connectivity index (χ3n) is 2.85. The zero-order chi connectivity index (χ0) is 13.8. The summed E-state index contributed by atoms with van der Waals surface area (Å²) in [6.07, 6.45) is 1.34. The fraction of sp³-hybridized carbons (Fsp3) is 0.133. The van der Waals surface area contributed by atoms with E-state index in [1.165, 1.54) is 0 Å². The maximum atomic E-state index is 11.1. The number of halogens is 2. The Labute approximate surface area is 121 Å². The number of hydrogen-bond donors (Lipinski definition) is 1. The van der Waals surface area contributed by atoms with E-state index < -0.39 is 5.97 Å². The number of aryl methyl sites for hydroxylation is 2. The van der Waals surface area contributed by atoms with Crippen LogP contribution in [0.4, 0.5) is 0 Å². The molecule has 0 unspecified atom stereocenters. The first-order valence-electron chi connectivity index (χ1n) is 5.82. The molecule has 1 N–H and O–H groups in total. The van der Waals surface area contributed by atoms with Crippen molar-refractivity contribution in [3.05, 3.63) is 69.2 Å². The van der Waals surface area contributed by atoms with E-state index in [0.717, 1.165) is 11.1 Å². The molecule has 0 aliphatic heterocycles. The van der Waals surface area contributed by atoms with Crippen LogP contribution < -0.4 is 0 Å². The monoisotopic (exact) mass is 294 g/mol. The number of aromatic carboxylic acids is 1. The van der Waals surface area contributed by atoms with E-state index in [2.05, 4.69) is 0 Å². The molecule has 2 rings (SSSR count). The van der Waals surface area contributed by atoms with Crippen LogP contribution in [0.1, 0.15) is 21.5 Å². The Bertz CT molecular complexity index is 589. The van der Waals surface area contributed by atoms with Gasteiger partial charge in [0.15, 0.2) is 0 Å². The van der Waals surface area contributed by atoms with Gasteiger partial charge in [-0.05, 0) is 48.2 Å². The average molecular weight is 295 g/mol. The summed E-state index contributed by atoms with van der Waals surface area (Å²) in [6, 6.07) is 12.4. The third-order valence-corrected chi connectivity index (χ3v) is 3.29. The summed E-state index contributed by atoms with van der Waals surface area (Å²) in [5.41, 5.74) is 2.15. The van der Waals surface area contributed by atoms with Crippen molar-refractivity contribution in [2.75, 3.05) is 0 Å². The van der Waals surface area contributed by atoms with Crippen molar-refractivity contribution in [1.82, 2.24) is 0 Å². The molecule has 2 aromatic carbocycles. The molecule has 0 fully saturated rings. The molecular weight excluding hydrogens is 283 g/mol. The molecule has 0 aromatic heterocycles. The lowest BCUT2D eigenvalue weighted by Gasteiger charge is -2.07. The highest BCUT2D eigenvalue weighted by molar-refractivity contribution is 6.34. The Balaban J connectivity index is 2.16. The molecule has 0 saturated heterocycles. The molecule has 4 heteroatoms. The predicted octanol–water partition coefficient (Wildman–Crippen LogP) is 4.48. The smallest absolute Gasteiger partial charge is 0.335 e. The highest BCUT2D eigenvalue weighted by Gasteiger charge is 2.09. The van der Waals surface area contributed by atoms with Gasteiger partial charge < -0.3 is 5.11 Å². The summed E-state index contributed by atoms with van der Waals surface area (Å²) < 4.78 is 0. The number of hydrogen-bond acceptors (Lipinski definition) is 1.